The van der Waals surface area contributed by atoms with Crippen LogP contribution in [-0.2, 0) is 4.79 Å². The van der Waals surface area contributed by atoms with E-state index in [1.807, 2.05) is 11.8 Å². The van der Waals surface area contributed by atoms with Crippen molar-refractivity contribution in [2.24, 2.45) is 11.3 Å². The van der Waals surface area contributed by atoms with Crippen LogP contribution < -0.4 is 5.32 Å². The van der Waals surface area contributed by atoms with E-state index >= 15 is 0 Å². The predicted molar refractivity (Wildman–Crippen MR) is 80.0 cm³/mol. The first kappa shape index (κ1) is 15.5. The van der Waals surface area contributed by atoms with Crippen molar-refractivity contribution in [1.82, 2.24) is 10.2 Å². The lowest BCUT2D eigenvalue weighted by Crippen LogP contribution is -2.42. The molecule has 6 heteroatoms. The number of carboxylic acid groups (broad SMARTS) is 1. The summed E-state index contributed by atoms with van der Waals surface area (Å²) in [7, 11) is 0. The Hall–Kier alpha value is -0.910. The molecule has 0 spiro atoms. The number of nitrogens with zero attached hydrogens (tertiary/aromatic N) is 1. The van der Waals surface area contributed by atoms with E-state index in [-0.39, 0.29) is 11.9 Å². The standard InChI is InChI=1S/C14H24N2O3S/c1-10(2)20-7-6-15-13(19)16-8-11-4-3-5-14(11,9-16)12(17)18/h10-11H,3-9H2,1-2H3,(H,15,19)(H,17,18)/t11-,14+/m0/s1. The fourth-order valence-corrected chi connectivity index (χ4v) is 4.05. The third kappa shape index (κ3) is 3.05. The molecule has 1 saturated carbocycles. The number of carbonyl (C=O) groups is 2. The molecule has 2 fully saturated rings. The maximum atomic E-state index is 12.1. The fraction of sp³-hybridized carbons (Fsp3) is 0.857. The molecule has 1 heterocycles. The molecule has 1 aliphatic heterocycles. The van der Waals surface area contributed by atoms with Crippen molar-refractivity contribution in [3.8, 4) is 0 Å². The Balaban J connectivity index is 1.83. The summed E-state index contributed by atoms with van der Waals surface area (Å²) < 4.78 is 0. The maximum Gasteiger partial charge on any atom is 0.317 e. The van der Waals surface area contributed by atoms with Crippen LogP contribution in [-0.4, -0.2) is 52.6 Å². The van der Waals surface area contributed by atoms with Crippen molar-refractivity contribution < 1.29 is 14.7 Å². The molecule has 5 nitrogen and oxygen atoms in total. The van der Waals surface area contributed by atoms with Crippen LogP contribution >= 0.6 is 11.8 Å². The van der Waals surface area contributed by atoms with Gasteiger partial charge in [0.25, 0.3) is 0 Å². The van der Waals surface area contributed by atoms with Gasteiger partial charge in [0.15, 0.2) is 0 Å². The third-order valence-electron chi connectivity index (χ3n) is 4.41. The molecule has 114 valence electrons. The highest BCUT2D eigenvalue weighted by Gasteiger charge is 2.55. The number of aliphatic carboxylic acids is 1. The van der Waals surface area contributed by atoms with Gasteiger partial charge in [-0.1, -0.05) is 20.3 Å². The molecule has 2 N–H and O–H groups in total. The number of nitrogens with one attached hydrogen (secondary N) is 1. The number of thioether (sulfide) groups is 1. The van der Waals surface area contributed by atoms with Gasteiger partial charge in [0, 0.05) is 25.4 Å². The van der Waals surface area contributed by atoms with Crippen molar-refractivity contribution in [3.63, 3.8) is 0 Å². The normalized spacial score (nSPS) is 28.8. The van der Waals surface area contributed by atoms with Gasteiger partial charge in [-0.15, -0.1) is 0 Å². The molecular weight excluding hydrogens is 276 g/mol. The molecule has 0 aromatic carbocycles. The van der Waals surface area contributed by atoms with Crippen molar-refractivity contribution >= 4 is 23.8 Å². The molecule has 0 bridgehead atoms. The number of rotatable bonds is 5. The molecule has 2 rings (SSSR count). The van der Waals surface area contributed by atoms with Crippen molar-refractivity contribution in [1.29, 1.82) is 0 Å². The van der Waals surface area contributed by atoms with Crippen LogP contribution in [0.5, 0.6) is 0 Å². The molecule has 0 aromatic rings. The van der Waals surface area contributed by atoms with Crippen LogP contribution in [0.4, 0.5) is 4.79 Å². The summed E-state index contributed by atoms with van der Waals surface area (Å²) in [5.74, 6) is 0.298. The van der Waals surface area contributed by atoms with Gasteiger partial charge in [-0.05, 0) is 24.0 Å². The van der Waals surface area contributed by atoms with Gasteiger partial charge in [0.1, 0.15) is 0 Å². The van der Waals surface area contributed by atoms with Crippen LogP contribution in [0.1, 0.15) is 33.1 Å². The van der Waals surface area contributed by atoms with E-state index in [4.69, 9.17) is 0 Å². The molecule has 2 aliphatic rings. The third-order valence-corrected chi connectivity index (χ3v) is 5.52. The van der Waals surface area contributed by atoms with Gasteiger partial charge in [-0.25, -0.2) is 4.79 Å². The van der Waals surface area contributed by atoms with E-state index in [9.17, 15) is 14.7 Å². The largest absolute Gasteiger partial charge is 0.481 e. The van der Waals surface area contributed by atoms with E-state index in [1.54, 1.807) is 4.90 Å². The molecule has 0 unspecified atom stereocenters. The lowest BCUT2D eigenvalue weighted by Gasteiger charge is -2.23. The van der Waals surface area contributed by atoms with Gasteiger partial charge in [0.2, 0.25) is 0 Å². The summed E-state index contributed by atoms with van der Waals surface area (Å²) in [6.45, 7) is 5.87. The van der Waals surface area contributed by atoms with Crippen molar-refractivity contribution in [2.75, 3.05) is 25.4 Å². The minimum absolute atomic E-state index is 0.107. The number of carbonyl (C=O) groups excluding carboxylic acids is 1. The molecule has 1 aliphatic carbocycles. The van der Waals surface area contributed by atoms with Crippen LogP contribution in [0.2, 0.25) is 0 Å². The SMILES string of the molecule is CC(C)SCCNC(=O)N1C[C@@H]2CCC[C@@]2(C(=O)O)C1. The summed E-state index contributed by atoms with van der Waals surface area (Å²) in [4.78, 5) is 25.3. The average Bonchev–Trinajstić information content (AvgIpc) is 2.91. The highest BCUT2D eigenvalue weighted by Crippen LogP contribution is 2.48. The van der Waals surface area contributed by atoms with E-state index in [0.29, 0.717) is 31.3 Å². The number of likely N-dealkylation sites (tertiary alicyclic amines) is 1. The van der Waals surface area contributed by atoms with Gasteiger partial charge in [-0.3, -0.25) is 4.79 Å². The lowest BCUT2D eigenvalue weighted by molar-refractivity contribution is -0.149. The van der Waals surface area contributed by atoms with Crippen LogP contribution in [0.25, 0.3) is 0 Å². The zero-order valence-electron chi connectivity index (χ0n) is 12.2. The van der Waals surface area contributed by atoms with E-state index in [2.05, 4.69) is 19.2 Å². The van der Waals surface area contributed by atoms with Crippen LogP contribution in [0.3, 0.4) is 0 Å². The monoisotopic (exact) mass is 300 g/mol. The second-order valence-electron chi connectivity index (χ2n) is 6.08. The number of fused-ring (bicyclic) bond motifs is 1. The molecule has 2 amide bonds. The smallest absolute Gasteiger partial charge is 0.317 e. The molecule has 2 atom stereocenters. The minimum Gasteiger partial charge on any atom is -0.481 e. The Kier molecular flexibility index (Phi) is 4.83. The molecule has 1 saturated heterocycles. The van der Waals surface area contributed by atoms with Crippen LogP contribution in [0.15, 0.2) is 0 Å². The van der Waals surface area contributed by atoms with E-state index in [0.717, 1.165) is 18.6 Å². The first-order chi connectivity index (χ1) is 9.45. The van der Waals surface area contributed by atoms with Gasteiger partial charge < -0.3 is 15.3 Å². The second kappa shape index (κ2) is 6.24. The summed E-state index contributed by atoms with van der Waals surface area (Å²) >= 11 is 1.81. The second-order valence-corrected chi connectivity index (χ2v) is 7.77. The predicted octanol–water partition coefficient (Wildman–Crippen LogP) is 2.02. The Morgan fingerprint density at radius 1 is 1.50 bits per heavy atom. The maximum absolute atomic E-state index is 12.1. The lowest BCUT2D eigenvalue weighted by atomic mass is 9.81. The summed E-state index contributed by atoms with van der Waals surface area (Å²) in [5, 5.41) is 12.9. The zero-order valence-corrected chi connectivity index (χ0v) is 13.0. The number of hydrogen-bond acceptors (Lipinski definition) is 3. The molecule has 0 aromatic heterocycles. The van der Waals surface area contributed by atoms with Gasteiger partial charge in [-0.2, -0.15) is 11.8 Å². The quantitative estimate of drug-likeness (QED) is 0.762. The zero-order chi connectivity index (χ0) is 14.8. The van der Waals surface area contributed by atoms with E-state index in [1.165, 1.54) is 0 Å². The topological polar surface area (TPSA) is 69.6 Å². The summed E-state index contributed by atoms with van der Waals surface area (Å²) in [5.41, 5.74) is -0.677. The Morgan fingerprint density at radius 3 is 2.85 bits per heavy atom. The Labute approximate surface area is 124 Å². The highest BCUT2D eigenvalue weighted by molar-refractivity contribution is 7.99. The minimum atomic E-state index is -0.731. The summed E-state index contributed by atoms with van der Waals surface area (Å²) in [6.07, 6.45) is 2.61. The van der Waals surface area contributed by atoms with Crippen molar-refractivity contribution in [3.05, 3.63) is 0 Å². The van der Waals surface area contributed by atoms with Crippen LogP contribution in [0, 0.1) is 11.3 Å². The summed E-state index contributed by atoms with van der Waals surface area (Å²) in [6, 6.07) is -0.107. The molecular formula is C14H24N2O3S. The van der Waals surface area contributed by atoms with Crippen molar-refractivity contribution in [2.45, 2.75) is 38.4 Å². The first-order valence-electron chi connectivity index (χ1n) is 7.33. The number of hydrogen-bond donors (Lipinski definition) is 2. The first-order valence-corrected chi connectivity index (χ1v) is 8.38. The Morgan fingerprint density at radius 2 is 2.25 bits per heavy atom. The Bertz CT molecular complexity index is 389. The van der Waals surface area contributed by atoms with E-state index < -0.39 is 11.4 Å². The number of urea groups is 1. The highest BCUT2D eigenvalue weighted by atomic mass is 32.2. The number of carboxylic acids is 1. The number of amides is 2. The molecule has 0 radical (unpaired) electrons. The van der Waals surface area contributed by atoms with Gasteiger partial charge >= 0.3 is 12.0 Å². The van der Waals surface area contributed by atoms with Gasteiger partial charge in [0.05, 0.1) is 5.41 Å². The molecule has 20 heavy (non-hydrogen) atoms. The average molecular weight is 300 g/mol. The fourth-order valence-electron chi connectivity index (χ4n) is 3.36.